The van der Waals surface area contributed by atoms with E-state index >= 15 is 0 Å². The van der Waals surface area contributed by atoms with Gasteiger partial charge in [-0.2, -0.15) is 0 Å². The minimum atomic E-state index is 0.635. The molecule has 2 aromatic heterocycles. The van der Waals surface area contributed by atoms with Gasteiger partial charge in [-0.15, -0.1) is 0 Å². The van der Waals surface area contributed by atoms with Crippen LogP contribution in [0.2, 0.25) is 0 Å². The first kappa shape index (κ1) is 17.8. The first-order chi connectivity index (χ1) is 13.7. The molecule has 7 nitrogen and oxygen atoms in total. The average Bonchev–Trinajstić information content (AvgIpc) is 3.14. The van der Waals surface area contributed by atoms with E-state index in [-0.39, 0.29) is 0 Å². The highest BCUT2D eigenvalue weighted by molar-refractivity contribution is 5.82. The molecule has 0 fully saturated rings. The molecule has 28 heavy (non-hydrogen) atoms. The van der Waals surface area contributed by atoms with Crippen LogP contribution in [0.4, 0.5) is 0 Å². The molecule has 0 N–H and O–H groups in total. The number of hydrogen-bond donors (Lipinski definition) is 0. The first-order valence-electron chi connectivity index (χ1n) is 8.73. The SMILES string of the molecule is COc1ccc(-n2c(-c3ccc(OC)c(OC)c3)nc3c(C)ncnc32)cc1. The summed E-state index contributed by atoms with van der Waals surface area (Å²) in [7, 11) is 4.88. The highest BCUT2D eigenvalue weighted by Gasteiger charge is 2.18. The Kier molecular flexibility index (Phi) is 4.57. The van der Waals surface area contributed by atoms with Crippen LogP contribution >= 0.6 is 0 Å². The lowest BCUT2D eigenvalue weighted by molar-refractivity contribution is 0.355. The summed E-state index contributed by atoms with van der Waals surface area (Å²) in [6, 6.07) is 13.5. The van der Waals surface area contributed by atoms with Crippen molar-refractivity contribution in [3.8, 4) is 34.3 Å². The molecule has 0 radical (unpaired) electrons. The molecule has 0 spiro atoms. The molecule has 0 aliphatic carbocycles. The number of benzene rings is 2. The molecular formula is C21H20N4O3. The van der Waals surface area contributed by atoms with Crippen LogP contribution in [0.15, 0.2) is 48.8 Å². The van der Waals surface area contributed by atoms with E-state index in [1.165, 1.54) is 0 Å². The van der Waals surface area contributed by atoms with Gasteiger partial charge >= 0.3 is 0 Å². The van der Waals surface area contributed by atoms with Crippen LogP contribution in [0, 0.1) is 6.92 Å². The molecule has 0 saturated carbocycles. The van der Waals surface area contributed by atoms with Gasteiger partial charge in [0.25, 0.3) is 0 Å². The molecule has 4 aromatic rings. The summed E-state index contributed by atoms with van der Waals surface area (Å²) < 4.78 is 18.1. The summed E-state index contributed by atoms with van der Waals surface area (Å²) in [4.78, 5) is 13.6. The van der Waals surface area contributed by atoms with Crippen molar-refractivity contribution in [2.75, 3.05) is 21.3 Å². The maximum absolute atomic E-state index is 5.47. The zero-order valence-corrected chi connectivity index (χ0v) is 16.1. The van der Waals surface area contributed by atoms with E-state index in [2.05, 4.69) is 9.97 Å². The summed E-state index contributed by atoms with van der Waals surface area (Å²) in [5.74, 6) is 2.82. The van der Waals surface area contributed by atoms with Crippen LogP contribution in [-0.4, -0.2) is 40.8 Å². The van der Waals surface area contributed by atoms with Crippen molar-refractivity contribution in [1.82, 2.24) is 19.5 Å². The Bertz CT molecular complexity index is 1140. The maximum Gasteiger partial charge on any atom is 0.168 e. The van der Waals surface area contributed by atoms with E-state index in [1.54, 1.807) is 27.7 Å². The summed E-state index contributed by atoms with van der Waals surface area (Å²) in [5, 5.41) is 0. The smallest absolute Gasteiger partial charge is 0.168 e. The number of nitrogens with zero attached hydrogens (tertiary/aromatic N) is 4. The van der Waals surface area contributed by atoms with Crippen molar-refractivity contribution in [2.24, 2.45) is 0 Å². The number of ether oxygens (including phenoxy) is 3. The number of imidazole rings is 1. The van der Waals surface area contributed by atoms with Gasteiger partial charge in [0.2, 0.25) is 0 Å². The maximum atomic E-state index is 5.47. The minimum absolute atomic E-state index is 0.635. The molecule has 4 rings (SSSR count). The minimum Gasteiger partial charge on any atom is -0.497 e. The molecule has 142 valence electrons. The Morgan fingerprint density at radius 2 is 1.57 bits per heavy atom. The topological polar surface area (TPSA) is 71.3 Å². The van der Waals surface area contributed by atoms with Crippen LogP contribution in [0.3, 0.4) is 0 Å². The molecule has 0 amide bonds. The predicted molar refractivity (Wildman–Crippen MR) is 106 cm³/mol. The van der Waals surface area contributed by atoms with Crippen molar-refractivity contribution < 1.29 is 14.2 Å². The van der Waals surface area contributed by atoms with Crippen LogP contribution < -0.4 is 14.2 Å². The zero-order chi connectivity index (χ0) is 19.7. The lowest BCUT2D eigenvalue weighted by Gasteiger charge is -2.12. The molecule has 0 bridgehead atoms. The molecule has 0 unspecified atom stereocenters. The fourth-order valence-electron chi connectivity index (χ4n) is 3.15. The van der Waals surface area contributed by atoms with Gasteiger partial charge in [0, 0.05) is 11.3 Å². The highest BCUT2D eigenvalue weighted by atomic mass is 16.5. The number of aryl methyl sites for hydroxylation is 1. The standard InChI is InChI=1S/C21H20N4O3/c1-13-19-21(23-12-22-13)25(15-6-8-16(26-2)9-7-15)20(24-19)14-5-10-17(27-3)18(11-14)28-4/h5-12H,1-4H3. The summed E-state index contributed by atoms with van der Waals surface area (Å²) in [6.45, 7) is 1.92. The number of rotatable bonds is 5. The monoisotopic (exact) mass is 376 g/mol. The lowest BCUT2D eigenvalue weighted by Crippen LogP contribution is -2.00. The predicted octanol–water partition coefficient (Wildman–Crippen LogP) is 3.82. The van der Waals surface area contributed by atoms with Gasteiger partial charge in [-0.25, -0.2) is 15.0 Å². The fraction of sp³-hybridized carbons (Fsp3) is 0.190. The third-order valence-electron chi connectivity index (χ3n) is 4.60. The molecule has 0 aliphatic rings. The van der Waals surface area contributed by atoms with Gasteiger partial charge in [-0.1, -0.05) is 0 Å². The number of aromatic nitrogens is 4. The van der Waals surface area contributed by atoms with E-state index in [0.717, 1.165) is 39.7 Å². The second-order valence-electron chi connectivity index (χ2n) is 6.17. The van der Waals surface area contributed by atoms with E-state index < -0.39 is 0 Å². The summed E-state index contributed by atoms with van der Waals surface area (Å²) >= 11 is 0. The van der Waals surface area contributed by atoms with E-state index in [9.17, 15) is 0 Å². The molecule has 0 atom stereocenters. The normalized spacial score (nSPS) is 10.9. The van der Waals surface area contributed by atoms with Crippen LogP contribution in [0.25, 0.3) is 28.2 Å². The number of fused-ring (bicyclic) bond motifs is 1. The van der Waals surface area contributed by atoms with E-state index in [0.29, 0.717) is 11.5 Å². The quantitative estimate of drug-likeness (QED) is 0.527. The zero-order valence-electron chi connectivity index (χ0n) is 16.1. The molecular weight excluding hydrogens is 356 g/mol. The van der Waals surface area contributed by atoms with Crippen LogP contribution in [0.1, 0.15) is 5.69 Å². The average molecular weight is 376 g/mol. The Morgan fingerprint density at radius 3 is 2.25 bits per heavy atom. The molecule has 0 saturated heterocycles. The van der Waals surface area contributed by atoms with Gasteiger partial charge < -0.3 is 14.2 Å². The second-order valence-corrected chi connectivity index (χ2v) is 6.17. The summed E-state index contributed by atoms with van der Waals surface area (Å²) in [6.07, 6.45) is 1.55. The van der Waals surface area contributed by atoms with Crippen molar-refractivity contribution in [1.29, 1.82) is 0 Å². The van der Waals surface area contributed by atoms with Gasteiger partial charge in [-0.05, 0) is 49.4 Å². The highest BCUT2D eigenvalue weighted by Crippen LogP contribution is 2.34. The third kappa shape index (κ3) is 2.90. The van der Waals surface area contributed by atoms with Crippen LogP contribution in [-0.2, 0) is 0 Å². The molecule has 2 aromatic carbocycles. The molecule has 0 aliphatic heterocycles. The molecule has 2 heterocycles. The van der Waals surface area contributed by atoms with Gasteiger partial charge in [-0.3, -0.25) is 4.57 Å². The number of methoxy groups -OCH3 is 3. The van der Waals surface area contributed by atoms with Crippen molar-refractivity contribution in [3.05, 3.63) is 54.5 Å². The Balaban J connectivity index is 1.99. The fourth-order valence-corrected chi connectivity index (χ4v) is 3.15. The second kappa shape index (κ2) is 7.19. The third-order valence-corrected chi connectivity index (χ3v) is 4.60. The Morgan fingerprint density at radius 1 is 0.821 bits per heavy atom. The largest absolute Gasteiger partial charge is 0.497 e. The molecule has 7 heteroatoms. The van der Waals surface area contributed by atoms with Gasteiger partial charge in [0.1, 0.15) is 23.4 Å². The van der Waals surface area contributed by atoms with Crippen LogP contribution in [0.5, 0.6) is 17.2 Å². The Hall–Kier alpha value is -3.61. The van der Waals surface area contributed by atoms with Crippen molar-refractivity contribution >= 4 is 11.2 Å². The summed E-state index contributed by atoms with van der Waals surface area (Å²) in [5.41, 5.74) is 4.11. The van der Waals surface area contributed by atoms with E-state index in [1.807, 2.05) is 54.0 Å². The Labute approximate surface area is 162 Å². The van der Waals surface area contributed by atoms with E-state index in [4.69, 9.17) is 19.2 Å². The van der Waals surface area contributed by atoms with Crippen molar-refractivity contribution in [3.63, 3.8) is 0 Å². The van der Waals surface area contributed by atoms with Gasteiger partial charge in [0.05, 0.1) is 27.0 Å². The number of hydrogen-bond acceptors (Lipinski definition) is 6. The van der Waals surface area contributed by atoms with Gasteiger partial charge in [0.15, 0.2) is 17.1 Å². The first-order valence-corrected chi connectivity index (χ1v) is 8.73. The lowest BCUT2D eigenvalue weighted by atomic mass is 10.2. The van der Waals surface area contributed by atoms with Crippen molar-refractivity contribution in [2.45, 2.75) is 6.92 Å².